The van der Waals surface area contributed by atoms with Crippen molar-refractivity contribution in [3.8, 4) is 0 Å². The summed E-state index contributed by atoms with van der Waals surface area (Å²) in [4.78, 5) is 0. The summed E-state index contributed by atoms with van der Waals surface area (Å²) in [6.45, 7) is 2.58. The lowest BCUT2D eigenvalue weighted by molar-refractivity contribution is 0.486. The highest BCUT2D eigenvalue weighted by Crippen LogP contribution is 2.20. The second-order valence-corrected chi connectivity index (χ2v) is 4.39. The molecule has 2 N–H and O–H groups in total. The van der Waals surface area contributed by atoms with Gasteiger partial charge in [-0.1, -0.05) is 28.8 Å². The SMILES string of the molecule is CNCc1nnc(NC(C)c2ccc(Cl)cc2)o1. The third-order valence-corrected chi connectivity index (χ3v) is 2.76. The molecule has 1 aromatic heterocycles. The minimum atomic E-state index is 0.0742. The number of benzene rings is 1. The molecular weight excluding hydrogens is 252 g/mol. The number of nitrogens with one attached hydrogen (secondary N) is 2. The van der Waals surface area contributed by atoms with E-state index in [9.17, 15) is 0 Å². The topological polar surface area (TPSA) is 63.0 Å². The molecule has 96 valence electrons. The van der Waals surface area contributed by atoms with Crippen LogP contribution in [0.2, 0.25) is 5.02 Å². The summed E-state index contributed by atoms with van der Waals surface area (Å²) >= 11 is 5.85. The molecule has 1 aromatic carbocycles. The molecule has 0 fully saturated rings. The Morgan fingerprint density at radius 2 is 2.00 bits per heavy atom. The summed E-state index contributed by atoms with van der Waals surface area (Å²) in [5, 5.41) is 14.6. The van der Waals surface area contributed by atoms with Crippen molar-refractivity contribution < 1.29 is 4.42 Å². The van der Waals surface area contributed by atoms with E-state index in [0.29, 0.717) is 18.5 Å². The van der Waals surface area contributed by atoms with E-state index < -0.39 is 0 Å². The van der Waals surface area contributed by atoms with E-state index in [2.05, 4.69) is 20.8 Å². The number of aromatic nitrogens is 2. The molecule has 0 spiro atoms. The van der Waals surface area contributed by atoms with Crippen LogP contribution in [-0.4, -0.2) is 17.2 Å². The lowest BCUT2D eigenvalue weighted by atomic mass is 10.1. The van der Waals surface area contributed by atoms with Gasteiger partial charge < -0.3 is 15.1 Å². The third kappa shape index (κ3) is 3.21. The lowest BCUT2D eigenvalue weighted by Gasteiger charge is -2.11. The zero-order valence-electron chi connectivity index (χ0n) is 10.3. The minimum Gasteiger partial charge on any atom is -0.407 e. The Kier molecular flexibility index (Phi) is 4.17. The van der Waals surface area contributed by atoms with Crippen LogP contribution in [0, 0.1) is 0 Å². The molecule has 2 rings (SSSR count). The van der Waals surface area contributed by atoms with Crippen LogP contribution < -0.4 is 10.6 Å². The van der Waals surface area contributed by atoms with Gasteiger partial charge >= 0.3 is 6.01 Å². The molecule has 0 saturated carbocycles. The maximum atomic E-state index is 5.85. The number of hydrogen-bond donors (Lipinski definition) is 2. The fourth-order valence-corrected chi connectivity index (χ4v) is 1.68. The molecular formula is C12H15ClN4O. The first-order valence-corrected chi connectivity index (χ1v) is 6.06. The van der Waals surface area contributed by atoms with Crippen LogP contribution in [0.15, 0.2) is 28.7 Å². The van der Waals surface area contributed by atoms with Crippen LogP contribution in [-0.2, 0) is 6.54 Å². The van der Waals surface area contributed by atoms with Crippen molar-refractivity contribution in [2.45, 2.75) is 19.5 Å². The maximum absolute atomic E-state index is 5.85. The van der Waals surface area contributed by atoms with Gasteiger partial charge in [0.05, 0.1) is 12.6 Å². The van der Waals surface area contributed by atoms with Crippen LogP contribution in [0.1, 0.15) is 24.4 Å². The molecule has 5 nitrogen and oxygen atoms in total. The van der Waals surface area contributed by atoms with Gasteiger partial charge in [0.1, 0.15) is 0 Å². The summed E-state index contributed by atoms with van der Waals surface area (Å²) in [7, 11) is 1.83. The van der Waals surface area contributed by atoms with Gasteiger partial charge in [-0.15, -0.1) is 5.10 Å². The molecule has 2 aromatic rings. The first-order chi connectivity index (χ1) is 8.69. The maximum Gasteiger partial charge on any atom is 0.315 e. The molecule has 1 unspecified atom stereocenters. The van der Waals surface area contributed by atoms with Crippen LogP contribution in [0.3, 0.4) is 0 Å². The summed E-state index contributed by atoms with van der Waals surface area (Å²) in [5.41, 5.74) is 1.10. The van der Waals surface area contributed by atoms with Crippen molar-refractivity contribution in [3.05, 3.63) is 40.7 Å². The van der Waals surface area contributed by atoms with Gasteiger partial charge in [0.15, 0.2) is 0 Å². The number of rotatable bonds is 5. The third-order valence-electron chi connectivity index (χ3n) is 2.50. The van der Waals surface area contributed by atoms with Crippen LogP contribution in [0.25, 0.3) is 0 Å². The smallest absolute Gasteiger partial charge is 0.315 e. The molecule has 1 atom stereocenters. The highest BCUT2D eigenvalue weighted by atomic mass is 35.5. The highest BCUT2D eigenvalue weighted by Gasteiger charge is 2.10. The van der Waals surface area contributed by atoms with Gasteiger partial charge in [-0.25, -0.2) is 0 Å². The number of halogens is 1. The molecule has 0 bridgehead atoms. The fourth-order valence-electron chi connectivity index (χ4n) is 1.55. The van der Waals surface area contributed by atoms with Crippen molar-refractivity contribution in [3.63, 3.8) is 0 Å². The van der Waals surface area contributed by atoms with Crippen molar-refractivity contribution in [1.82, 2.24) is 15.5 Å². The molecule has 0 amide bonds. The van der Waals surface area contributed by atoms with Crippen LogP contribution in [0.5, 0.6) is 0 Å². The Labute approximate surface area is 111 Å². The summed E-state index contributed by atoms with van der Waals surface area (Å²) in [6.07, 6.45) is 0. The molecule has 0 aliphatic heterocycles. The van der Waals surface area contributed by atoms with Crippen molar-refractivity contribution >= 4 is 17.6 Å². The van der Waals surface area contributed by atoms with Gasteiger partial charge in [0.25, 0.3) is 0 Å². The molecule has 0 aliphatic rings. The monoisotopic (exact) mass is 266 g/mol. The summed E-state index contributed by atoms with van der Waals surface area (Å²) in [5.74, 6) is 0.559. The summed E-state index contributed by atoms with van der Waals surface area (Å²) in [6, 6.07) is 8.13. The molecule has 0 radical (unpaired) electrons. The number of nitrogens with zero attached hydrogens (tertiary/aromatic N) is 2. The molecule has 1 heterocycles. The predicted molar refractivity (Wildman–Crippen MR) is 70.6 cm³/mol. The van der Waals surface area contributed by atoms with Crippen LogP contribution in [0.4, 0.5) is 6.01 Å². The van der Waals surface area contributed by atoms with E-state index in [0.717, 1.165) is 10.6 Å². The fraction of sp³-hybridized carbons (Fsp3) is 0.333. The molecule has 0 saturated heterocycles. The Hall–Kier alpha value is -1.59. The van der Waals surface area contributed by atoms with Gasteiger partial charge in [-0.2, -0.15) is 0 Å². The van der Waals surface area contributed by atoms with Gasteiger partial charge in [-0.3, -0.25) is 0 Å². The predicted octanol–water partition coefficient (Wildman–Crippen LogP) is 2.62. The number of hydrogen-bond acceptors (Lipinski definition) is 5. The van der Waals surface area contributed by atoms with E-state index in [1.165, 1.54) is 0 Å². The molecule has 6 heteroatoms. The van der Waals surface area contributed by atoms with Crippen molar-refractivity contribution in [2.75, 3.05) is 12.4 Å². The Bertz CT molecular complexity index is 497. The standard InChI is InChI=1S/C12H15ClN4O/c1-8(9-3-5-10(13)6-4-9)15-12-17-16-11(18-12)7-14-2/h3-6,8,14H,7H2,1-2H3,(H,15,17). The quantitative estimate of drug-likeness (QED) is 0.871. The van der Waals surface area contributed by atoms with E-state index in [-0.39, 0.29) is 6.04 Å². The van der Waals surface area contributed by atoms with Crippen LogP contribution >= 0.6 is 11.6 Å². The highest BCUT2D eigenvalue weighted by molar-refractivity contribution is 6.30. The number of anilines is 1. The largest absolute Gasteiger partial charge is 0.407 e. The average molecular weight is 267 g/mol. The minimum absolute atomic E-state index is 0.0742. The second-order valence-electron chi connectivity index (χ2n) is 3.95. The Morgan fingerprint density at radius 3 is 2.67 bits per heavy atom. The van der Waals surface area contributed by atoms with E-state index in [1.54, 1.807) is 0 Å². The zero-order chi connectivity index (χ0) is 13.0. The Morgan fingerprint density at radius 1 is 1.28 bits per heavy atom. The van der Waals surface area contributed by atoms with Gasteiger partial charge in [0.2, 0.25) is 5.89 Å². The first kappa shape index (κ1) is 12.9. The van der Waals surface area contributed by atoms with Crippen molar-refractivity contribution in [2.24, 2.45) is 0 Å². The molecule has 0 aliphatic carbocycles. The zero-order valence-corrected chi connectivity index (χ0v) is 11.0. The first-order valence-electron chi connectivity index (χ1n) is 5.68. The van der Waals surface area contributed by atoms with Crippen molar-refractivity contribution in [1.29, 1.82) is 0 Å². The second kappa shape index (κ2) is 5.84. The van der Waals surface area contributed by atoms with E-state index in [4.69, 9.17) is 16.0 Å². The van der Waals surface area contributed by atoms with E-state index in [1.807, 2.05) is 38.2 Å². The molecule has 18 heavy (non-hydrogen) atoms. The van der Waals surface area contributed by atoms with E-state index >= 15 is 0 Å². The lowest BCUT2D eigenvalue weighted by Crippen LogP contribution is -2.06. The normalized spacial score (nSPS) is 12.4. The summed E-state index contributed by atoms with van der Waals surface area (Å²) < 4.78 is 5.42. The van der Waals surface area contributed by atoms with Gasteiger partial charge in [-0.05, 0) is 31.7 Å². The average Bonchev–Trinajstić information content (AvgIpc) is 2.78. The van der Waals surface area contributed by atoms with Gasteiger partial charge in [0, 0.05) is 5.02 Å². The Balaban J connectivity index is 2.01.